The van der Waals surface area contributed by atoms with Gasteiger partial charge in [0.05, 0.1) is 77.7 Å². The molecule has 4 fully saturated rings. The van der Waals surface area contributed by atoms with E-state index in [1.807, 2.05) is 23.1 Å². The van der Waals surface area contributed by atoms with Crippen LogP contribution in [-0.4, -0.2) is 104 Å². The number of nitriles is 1. The number of nitrogens with one attached hydrogen (secondary N) is 2. The zero-order valence-corrected chi connectivity index (χ0v) is 35.7. The average molecular weight is 865 g/mol. The predicted octanol–water partition coefficient (Wildman–Crippen LogP) is 5.92. The Balaban J connectivity index is 0.861. The normalized spacial score (nSPS) is 26.1. The fourth-order valence-electron chi connectivity index (χ4n) is 9.60. The second-order valence-electron chi connectivity index (χ2n) is 17.1. The van der Waals surface area contributed by atoms with E-state index in [-0.39, 0.29) is 71.8 Å². The summed E-state index contributed by atoms with van der Waals surface area (Å²) in [5, 5.41) is 20.2. The van der Waals surface area contributed by atoms with Crippen molar-refractivity contribution >= 4 is 63.2 Å². The number of rotatable bonds is 11. The fourth-order valence-corrected chi connectivity index (χ4v) is 10.2. The molecule has 2 N–H and O–H groups in total. The van der Waals surface area contributed by atoms with Crippen molar-refractivity contribution in [2.75, 3.05) is 30.0 Å². The Morgan fingerprint density at radius 1 is 1.02 bits per heavy atom. The van der Waals surface area contributed by atoms with E-state index >= 15 is 0 Å². The van der Waals surface area contributed by atoms with Gasteiger partial charge in [-0.2, -0.15) is 23.5 Å². The highest BCUT2D eigenvalue weighted by Crippen LogP contribution is 2.41. The van der Waals surface area contributed by atoms with E-state index in [0.717, 1.165) is 35.3 Å². The zero-order chi connectivity index (χ0) is 44.0. The molecule has 2 unspecified atom stereocenters. The lowest BCUT2D eigenvalue weighted by atomic mass is 9.89. The van der Waals surface area contributed by atoms with E-state index in [0.29, 0.717) is 62.2 Å². The SMILES string of the molecule is C[C@@H]1CC(OCCOC2CCC(N3C(=S)N(c4ccc(C#N)c(C(F)(F)F)c4)C(=O)C3(C)C)CC2)C[C@H](C)N1CC(=O)Nc1cccc2c(C3CCC(=O)NC3=O)nn(C)c12. The third-order valence-corrected chi connectivity index (χ3v) is 13.0. The number of nitrogens with zero attached hydrogens (tertiary/aromatic N) is 6. The molecule has 0 radical (unpaired) electrons. The molecule has 3 saturated heterocycles. The minimum atomic E-state index is -4.77. The van der Waals surface area contributed by atoms with Gasteiger partial charge in [0.25, 0.3) is 5.91 Å². The third kappa shape index (κ3) is 8.88. The Bertz CT molecular complexity index is 2260. The molecule has 14 nitrogen and oxygen atoms in total. The minimum absolute atomic E-state index is 0.000231. The molecule has 7 rings (SSSR count). The number of aryl methyl sites for hydroxylation is 1. The van der Waals surface area contributed by atoms with Crippen LogP contribution in [0.5, 0.6) is 0 Å². The Morgan fingerprint density at radius 3 is 2.33 bits per heavy atom. The first-order valence-corrected chi connectivity index (χ1v) is 21.2. The molecule has 4 atom stereocenters. The lowest BCUT2D eigenvalue weighted by Crippen LogP contribution is -2.51. The van der Waals surface area contributed by atoms with E-state index in [1.165, 1.54) is 6.07 Å². The number of benzene rings is 2. The van der Waals surface area contributed by atoms with Crippen molar-refractivity contribution in [1.82, 2.24) is 24.9 Å². The number of halogens is 3. The number of ether oxygens (including phenoxy) is 2. The van der Waals surface area contributed by atoms with E-state index in [9.17, 15) is 37.6 Å². The number of hydrogen-bond donors (Lipinski definition) is 2. The maximum absolute atomic E-state index is 13.7. The van der Waals surface area contributed by atoms with Crippen LogP contribution in [0.1, 0.15) is 102 Å². The topological polar surface area (TPSA) is 162 Å². The number of carbonyl (C=O) groups is 4. The van der Waals surface area contributed by atoms with Crippen LogP contribution < -0.4 is 15.5 Å². The van der Waals surface area contributed by atoms with Gasteiger partial charge in [-0.15, -0.1) is 0 Å². The molecule has 3 aliphatic heterocycles. The molecule has 1 aromatic heterocycles. The highest BCUT2D eigenvalue weighted by Gasteiger charge is 2.52. The summed E-state index contributed by atoms with van der Waals surface area (Å²) in [5.41, 5.74) is -0.855. The highest BCUT2D eigenvalue weighted by atomic mass is 32.1. The highest BCUT2D eigenvalue weighted by molar-refractivity contribution is 7.80. The van der Waals surface area contributed by atoms with E-state index in [2.05, 4.69) is 34.5 Å². The summed E-state index contributed by atoms with van der Waals surface area (Å²) >= 11 is 5.74. The summed E-state index contributed by atoms with van der Waals surface area (Å²) in [6, 6.07) is 10.3. The summed E-state index contributed by atoms with van der Waals surface area (Å²) in [7, 11) is 1.77. The zero-order valence-electron chi connectivity index (χ0n) is 34.9. The number of thiocarbonyl (C=S) groups is 1. The molecule has 4 aliphatic rings. The molecule has 61 heavy (non-hydrogen) atoms. The van der Waals surface area contributed by atoms with Gasteiger partial charge in [0.1, 0.15) is 5.54 Å². The predicted molar refractivity (Wildman–Crippen MR) is 223 cm³/mol. The quantitative estimate of drug-likeness (QED) is 0.134. The number of amides is 4. The molecule has 1 aliphatic carbocycles. The lowest BCUT2D eigenvalue weighted by Gasteiger charge is -2.42. The third-order valence-electron chi connectivity index (χ3n) is 12.6. The van der Waals surface area contributed by atoms with Gasteiger partial charge < -0.3 is 19.7 Å². The van der Waals surface area contributed by atoms with Crippen LogP contribution in [0.25, 0.3) is 10.9 Å². The molecule has 0 bridgehead atoms. The summed E-state index contributed by atoms with van der Waals surface area (Å²) in [4.78, 5) is 56.6. The maximum atomic E-state index is 13.7. The summed E-state index contributed by atoms with van der Waals surface area (Å²) in [6.45, 7) is 8.64. The van der Waals surface area contributed by atoms with E-state index in [4.69, 9.17) is 21.7 Å². The Kier molecular flexibility index (Phi) is 12.6. The molecule has 2 aromatic carbocycles. The van der Waals surface area contributed by atoms with Gasteiger partial charge in [-0.25, -0.2) is 0 Å². The summed E-state index contributed by atoms with van der Waals surface area (Å²) in [5.74, 6) is -1.79. The Labute approximate surface area is 357 Å². The number of fused-ring (bicyclic) bond motifs is 1. The average Bonchev–Trinajstić information content (AvgIpc) is 3.62. The Hall–Kier alpha value is -4.96. The molecule has 326 valence electrons. The first kappa shape index (κ1) is 44.1. The standard InChI is InChI=1S/C43H51F3N8O6S/c1-24-19-30(20-25(2)52(24)23-36(56)48-34-8-6-7-31-37(50-51(5)38(31)34)32-15-16-35(55)49-39(32)57)60-18-17-59-29-13-11-27(12-14-29)54-41(61)53(40(58)42(54,3)4)28-10-9-26(22-47)33(21-28)43(44,45)46/h6-10,21,24-25,27,29-30,32H,11-20,23H2,1-5H3,(H,48,56)(H,49,55,57)/t24-,25+,27?,29?,30?,32?. The van der Waals surface area contributed by atoms with Crippen molar-refractivity contribution in [3.63, 3.8) is 0 Å². The monoisotopic (exact) mass is 864 g/mol. The second-order valence-corrected chi connectivity index (χ2v) is 17.5. The number of alkyl halides is 3. The first-order chi connectivity index (χ1) is 28.9. The number of piperidine rings is 2. The number of hydrogen-bond acceptors (Lipinski definition) is 10. The van der Waals surface area contributed by atoms with Crippen molar-refractivity contribution in [3.05, 3.63) is 53.2 Å². The minimum Gasteiger partial charge on any atom is -0.376 e. The van der Waals surface area contributed by atoms with Crippen molar-refractivity contribution in [1.29, 1.82) is 5.26 Å². The van der Waals surface area contributed by atoms with Crippen LogP contribution in [0.4, 0.5) is 24.5 Å². The molecule has 4 amide bonds. The number of anilines is 2. The molecular weight excluding hydrogens is 814 g/mol. The van der Waals surface area contributed by atoms with Gasteiger partial charge in [-0.3, -0.25) is 39.0 Å². The van der Waals surface area contributed by atoms with E-state index in [1.54, 1.807) is 31.6 Å². The number of aromatic nitrogens is 2. The van der Waals surface area contributed by atoms with Crippen LogP contribution in [0.15, 0.2) is 36.4 Å². The fraction of sp³-hybridized carbons (Fsp3) is 0.558. The van der Waals surface area contributed by atoms with Crippen LogP contribution >= 0.6 is 12.2 Å². The maximum Gasteiger partial charge on any atom is 0.417 e. The molecule has 18 heteroatoms. The van der Waals surface area contributed by atoms with Crippen LogP contribution in [0.3, 0.4) is 0 Å². The lowest BCUT2D eigenvalue weighted by molar-refractivity contribution is -0.138. The van der Waals surface area contributed by atoms with Crippen molar-refractivity contribution in [3.8, 4) is 6.07 Å². The van der Waals surface area contributed by atoms with Gasteiger partial charge in [0, 0.05) is 37.0 Å². The van der Waals surface area contributed by atoms with Crippen molar-refractivity contribution in [2.24, 2.45) is 7.05 Å². The number of imide groups is 1. The molecular formula is C43H51F3N8O6S. The Morgan fingerprint density at radius 2 is 1.69 bits per heavy atom. The molecule has 3 aromatic rings. The van der Waals surface area contributed by atoms with Crippen LogP contribution in [0, 0.1) is 11.3 Å². The largest absolute Gasteiger partial charge is 0.417 e. The molecule has 4 heterocycles. The first-order valence-electron chi connectivity index (χ1n) is 20.8. The van der Waals surface area contributed by atoms with Gasteiger partial charge in [0.15, 0.2) is 5.11 Å². The summed E-state index contributed by atoms with van der Waals surface area (Å²) in [6.07, 6.45) is 0.123. The van der Waals surface area contributed by atoms with Crippen LogP contribution in [-0.2, 0) is 41.9 Å². The van der Waals surface area contributed by atoms with Crippen LogP contribution in [0.2, 0.25) is 0 Å². The van der Waals surface area contributed by atoms with Gasteiger partial charge in [0.2, 0.25) is 17.7 Å². The van der Waals surface area contributed by atoms with E-state index < -0.39 is 34.7 Å². The molecule has 1 saturated carbocycles. The van der Waals surface area contributed by atoms with Crippen molar-refractivity contribution in [2.45, 2.75) is 127 Å². The number of carbonyl (C=O) groups excluding carboxylic acids is 4. The van der Waals surface area contributed by atoms with Gasteiger partial charge in [-0.05, 0) is 109 Å². The second kappa shape index (κ2) is 17.4. The van der Waals surface area contributed by atoms with Crippen molar-refractivity contribution < 1.29 is 41.8 Å². The molecule has 0 spiro atoms. The number of para-hydroxylation sites is 1. The van der Waals surface area contributed by atoms with Gasteiger partial charge in [-0.1, -0.05) is 12.1 Å². The smallest absolute Gasteiger partial charge is 0.376 e. The summed E-state index contributed by atoms with van der Waals surface area (Å²) < 4.78 is 55.4. The van der Waals surface area contributed by atoms with Gasteiger partial charge >= 0.3 is 6.18 Å². The number of likely N-dealkylation sites (tertiary alicyclic amines) is 1.